The highest BCUT2D eigenvalue weighted by Crippen LogP contribution is 2.30. The van der Waals surface area contributed by atoms with Crippen molar-refractivity contribution < 1.29 is 0 Å². The summed E-state index contributed by atoms with van der Waals surface area (Å²) in [6.45, 7) is 0. The maximum absolute atomic E-state index is 4.46. The van der Waals surface area contributed by atoms with Gasteiger partial charge in [0, 0.05) is 20.8 Å². The van der Waals surface area contributed by atoms with E-state index in [1.165, 1.54) is 14.6 Å². The average Bonchev–Trinajstić information content (AvgIpc) is 3.08. The summed E-state index contributed by atoms with van der Waals surface area (Å²) in [6.07, 6.45) is 1.93. The van der Waals surface area contributed by atoms with Crippen LogP contribution in [0.1, 0.15) is 4.88 Å². The number of hydrogen-bond donors (Lipinski definition) is 0. The van der Waals surface area contributed by atoms with Gasteiger partial charge in [-0.2, -0.15) is 0 Å². The standard InChI is InChI=1S/C15H11NS2/c1-2-5-12(6-3-1)16-11-13-8-9-15(18-13)14-7-4-10-17-14/h1-11H. The van der Waals surface area contributed by atoms with E-state index < -0.39 is 0 Å². The first-order chi connectivity index (χ1) is 8.92. The fourth-order valence-electron chi connectivity index (χ4n) is 1.63. The normalized spacial score (nSPS) is 11.1. The lowest BCUT2D eigenvalue weighted by atomic mass is 10.3. The lowest BCUT2D eigenvalue weighted by molar-refractivity contribution is 1.54. The number of aliphatic imine (C=N–C) groups is 1. The Hall–Kier alpha value is -1.71. The Bertz CT molecular complexity index is 636. The maximum Gasteiger partial charge on any atom is 0.0630 e. The lowest BCUT2D eigenvalue weighted by Gasteiger charge is -1.90. The molecule has 3 rings (SSSR count). The van der Waals surface area contributed by atoms with Gasteiger partial charge in [-0.3, -0.25) is 4.99 Å². The zero-order chi connectivity index (χ0) is 12.2. The third-order valence-corrected chi connectivity index (χ3v) is 4.57. The molecule has 0 saturated carbocycles. The first-order valence-electron chi connectivity index (χ1n) is 5.65. The molecule has 3 aromatic rings. The van der Waals surface area contributed by atoms with E-state index in [9.17, 15) is 0 Å². The summed E-state index contributed by atoms with van der Waals surface area (Å²) in [5.41, 5.74) is 0.989. The molecule has 88 valence electrons. The van der Waals surface area contributed by atoms with Crippen LogP contribution in [0.2, 0.25) is 0 Å². The Labute approximate surface area is 114 Å². The van der Waals surface area contributed by atoms with Crippen LogP contribution in [-0.4, -0.2) is 6.21 Å². The minimum atomic E-state index is 0.989. The van der Waals surface area contributed by atoms with Crippen LogP contribution in [0, 0.1) is 0 Å². The minimum absolute atomic E-state index is 0.989. The summed E-state index contributed by atoms with van der Waals surface area (Å²) in [5, 5.41) is 2.10. The topological polar surface area (TPSA) is 12.4 Å². The molecule has 0 aliphatic heterocycles. The predicted molar refractivity (Wildman–Crippen MR) is 81.3 cm³/mol. The zero-order valence-corrected chi connectivity index (χ0v) is 11.2. The van der Waals surface area contributed by atoms with Crippen LogP contribution >= 0.6 is 22.7 Å². The molecule has 2 heterocycles. The second kappa shape index (κ2) is 5.29. The van der Waals surface area contributed by atoms with E-state index in [0.29, 0.717) is 0 Å². The number of nitrogens with zero attached hydrogens (tertiary/aromatic N) is 1. The highest BCUT2D eigenvalue weighted by atomic mass is 32.1. The van der Waals surface area contributed by atoms with Gasteiger partial charge in [-0.1, -0.05) is 24.3 Å². The third kappa shape index (κ3) is 2.58. The van der Waals surface area contributed by atoms with Crippen molar-refractivity contribution in [2.75, 3.05) is 0 Å². The van der Waals surface area contributed by atoms with Crippen molar-refractivity contribution in [2.24, 2.45) is 4.99 Å². The number of benzene rings is 1. The van der Waals surface area contributed by atoms with Gasteiger partial charge >= 0.3 is 0 Å². The van der Waals surface area contributed by atoms with Crippen molar-refractivity contribution in [2.45, 2.75) is 0 Å². The third-order valence-electron chi connectivity index (χ3n) is 2.49. The van der Waals surface area contributed by atoms with E-state index >= 15 is 0 Å². The summed E-state index contributed by atoms with van der Waals surface area (Å²) in [4.78, 5) is 8.27. The minimum Gasteiger partial charge on any atom is -0.255 e. The molecule has 0 aliphatic rings. The molecule has 0 amide bonds. The van der Waals surface area contributed by atoms with Gasteiger partial charge in [0.05, 0.1) is 5.69 Å². The molecule has 0 unspecified atom stereocenters. The van der Waals surface area contributed by atoms with Crippen LogP contribution in [-0.2, 0) is 0 Å². The van der Waals surface area contributed by atoms with Crippen molar-refractivity contribution in [1.29, 1.82) is 0 Å². The first kappa shape index (κ1) is 11.4. The summed E-state index contributed by atoms with van der Waals surface area (Å²) in [7, 11) is 0. The fraction of sp³-hybridized carbons (Fsp3) is 0. The second-order valence-corrected chi connectivity index (χ2v) is 5.84. The van der Waals surface area contributed by atoms with Gasteiger partial charge < -0.3 is 0 Å². The van der Waals surface area contributed by atoms with Crippen LogP contribution in [0.15, 0.2) is 65.0 Å². The monoisotopic (exact) mass is 269 g/mol. The molecule has 0 fully saturated rings. The van der Waals surface area contributed by atoms with Gasteiger partial charge in [-0.05, 0) is 35.7 Å². The molecule has 0 saturated heterocycles. The Morgan fingerprint density at radius 3 is 2.50 bits per heavy atom. The zero-order valence-electron chi connectivity index (χ0n) is 9.61. The van der Waals surface area contributed by atoms with Gasteiger partial charge in [-0.15, -0.1) is 22.7 Å². The van der Waals surface area contributed by atoms with E-state index in [1.807, 2.05) is 36.5 Å². The van der Waals surface area contributed by atoms with E-state index in [4.69, 9.17) is 0 Å². The molecular weight excluding hydrogens is 258 g/mol. The molecular formula is C15H11NS2. The van der Waals surface area contributed by atoms with Gasteiger partial charge in [0.2, 0.25) is 0 Å². The molecule has 0 spiro atoms. The van der Waals surface area contributed by atoms with Crippen LogP contribution in [0.5, 0.6) is 0 Å². The highest BCUT2D eigenvalue weighted by molar-refractivity contribution is 7.22. The molecule has 0 radical (unpaired) electrons. The summed E-state index contributed by atoms with van der Waals surface area (Å²) < 4.78 is 0. The molecule has 3 heteroatoms. The number of para-hydroxylation sites is 1. The molecule has 0 N–H and O–H groups in total. The van der Waals surface area contributed by atoms with Gasteiger partial charge in [0.25, 0.3) is 0 Å². The quantitative estimate of drug-likeness (QED) is 0.577. The molecule has 18 heavy (non-hydrogen) atoms. The van der Waals surface area contributed by atoms with E-state index in [0.717, 1.165) is 5.69 Å². The van der Waals surface area contributed by atoms with Crippen LogP contribution < -0.4 is 0 Å². The van der Waals surface area contributed by atoms with Crippen molar-refractivity contribution in [1.82, 2.24) is 0 Å². The Kier molecular flexibility index (Phi) is 3.35. The number of rotatable bonds is 3. The largest absolute Gasteiger partial charge is 0.255 e. The SMILES string of the molecule is C(=Nc1ccccc1)c1ccc(-c2cccs2)s1. The van der Waals surface area contributed by atoms with Crippen LogP contribution in [0.4, 0.5) is 5.69 Å². The fourth-order valence-corrected chi connectivity index (χ4v) is 3.34. The molecule has 0 aliphatic carbocycles. The van der Waals surface area contributed by atoms with Gasteiger partial charge in [0.15, 0.2) is 0 Å². The predicted octanol–water partition coefficient (Wildman–Crippen LogP) is 5.23. The summed E-state index contributed by atoms with van der Waals surface area (Å²) in [5.74, 6) is 0. The molecule has 1 aromatic carbocycles. The van der Waals surface area contributed by atoms with Crippen molar-refractivity contribution in [3.8, 4) is 9.75 Å². The first-order valence-corrected chi connectivity index (χ1v) is 7.34. The van der Waals surface area contributed by atoms with Crippen LogP contribution in [0.3, 0.4) is 0 Å². The molecule has 1 nitrogen and oxygen atoms in total. The Morgan fingerprint density at radius 2 is 1.72 bits per heavy atom. The van der Waals surface area contributed by atoms with Crippen LogP contribution in [0.25, 0.3) is 9.75 Å². The Balaban J connectivity index is 1.80. The second-order valence-electron chi connectivity index (χ2n) is 3.77. The maximum atomic E-state index is 4.46. The number of hydrogen-bond acceptors (Lipinski definition) is 3. The molecule has 0 atom stereocenters. The highest BCUT2D eigenvalue weighted by Gasteiger charge is 2.01. The van der Waals surface area contributed by atoms with Crippen molar-refractivity contribution in [3.63, 3.8) is 0 Å². The van der Waals surface area contributed by atoms with E-state index in [1.54, 1.807) is 22.7 Å². The number of thiophene rings is 2. The van der Waals surface area contributed by atoms with Gasteiger partial charge in [-0.25, -0.2) is 0 Å². The smallest absolute Gasteiger partial charge is 0.0630 e. The van der Waals surface area contributed by atoms with E-state index in [2.05, 4.69) is 34.6 Å². The van der Waals surface area contributed by atoms with Crippen molar-refractivity contribution >= 4 is 34.6 Å². The lowest BCUT2D eigenvalue weighted by Crippen LogP contribution is -1.70. The van der Waals surface area contributed by atoms with E-state index in [-0.39, 0.29) is 0 Å². The van der Waals surface area contributed by atoms with Gasteiger partial charge in [0.1, 0.15) is 0 Å². The molecule has 0 bridgehead atoms. The average molecular weight is 269 g/mol. The van der Waals surface area contributed by atoms with Crippen molar-refractivity contribution in [3.05, 3.63) is 64.9 Å². The Morgan fingerprint density at radius 1 is 0.833 bits per heavy atom. The molecule has 2 aromatic heterocycles. The summed E-state index contributed by atoms with van der Waals surface area (Å²) in [6, 6.07) is 18.5. The summed E-state index contributed by atoms with van der Waals surface area (Å²) >= 11 is 3.54.